The molecule has 0 bridgehead atoms. The number of phenols is 1. The first kappa shape index (κ1) is 33.9. The number of aromatic nitrogens is 2. The number of guanidine groups is 1. The number of amides is 3. The van der Waals surface area contributed by atoms with Gasteiger partial charge in [0.15, 0.2) is 5.96 Å². The molecule has 4 atom stereocenters. The van der Waals surface area contributed by atoms with Crippen LogP contribution in [0.2, 0.25) is 0 Å². The van der Waals surface area contributed by atoms with Gasteiger partial charge in [-0.15, -0.1) is 0 Å². The number of carboxylic acids is 1. The maximum absolute atomic E-state index is 13.3. The van der Waals surface area contributed by atoms with Gasteiger partial charge in [0.2, 0.25) is 17.7 Å². The number of nitrogens with zero attached hydrogens (tertiary/aromatic N) is 2. The maximum Gasteiger partial charge on any atom is 0.326 e. The Hall–Kier alpha value is -4.31. The molecule has 2 aromatic rings. The van der Waals surface area contributed by atoms with Crippen molar-refractivity contribution in [2.24, 2.45) is 22.2 Å². The van der Waals surface area contributed by atoms with Gasteiger partial charge in [0.1, 0.15) is 23.9 Å². The molecule has 1 heterocycles. The average Bonchev–Trinajstić information content (AvgIpc) is 3.45. The van der Waals surface area contributed by atoms with E-state index in [1.807, 2.05) is 6.26 Å². The van der Waals surface area contributed by atoms with Crippen LogP contribution in [0.1, 0.15) is 30.5 Å². The number of nitrogens with one attached hydrogen (secondary N) is 4. The van der Waals surface area contributed by atoms with Gasteiger partial charge in [0.25, 0.3) is 0 Å². The molecule has 0 saturated heterocycles. The summed E-state index contributed by atoms with van der Waals surface area (Å²) in [6.07, 6.45) is 5.62. The van der Waals surface area contributed by atoms with Crippen molar-refractivity contribution < 1.29 is 29.4 Å². The molecule has 3 amide bonds. The van der Waals surface area contributed by atoms with Crippen molar-refractivity contribution in [3.05, 3.63) is 48.0 Å². The highest BCUT2D eigenvalue weighted by atomic mass is 32.2. The van der Waals surface area contributed by atoms with Crippen LogP contribution in [0.3, 0.4) is 0 Å². The van der Waals surface area contributed by atoms with Crippen LogP contribution in [0.25, 0.3) is 0 Å². The zero-order valence-corrected chi connectivity index (χ0v) is 24.1. The topological polar surface area (TPSA) is 264 Å². The number of rotatable bonds is 18. The third-order valence-corrected chi connectivity index (χ3v) is 6.79. The number of aromatic amines is 1. The van der Waals surface area contributed by atoms with Crippen molar-refractivity contribution >= 4 is 41.4 Å². The number of hydrogen-bond donors (Lipinski definition) is 9. The van der Waals surface area contributed by atoms with Gasteiger partial charge < -0.3 is 48.3 Å². The first-order valence-electron chi connectivity index (χ1n) is 13.2. The summed E-state index contributed by atoms with van der Waals surface area (Å²) in [5, 5.41) is 27.0. The van der Waals surface area contributed by atoms with E-state index in [0.717, 1.165) is 0 Å². The van der Waals surface area contributed by atoms with Crippen molar-refractivity contribution in [3.63, 3.8) is 0 Å². The normalized spacial score (nSPS) is 13.7. The molecule has 1 aromatic heterocycles. The second kappa shape index (κ2) is 17.5. The molecular weight excluding hydrogens is 566 g/mol. The number of imidazole rings is 1. The molecule has 0 aliphatic carbocycles. The molecular formula is C26H39N9O6S. The molecule has 4 unspecified atom stereocenters. The van der Waals surface area contributed by atoms with Gasteiger partial charge in [-0.3, -0.25) is 19.4 Å². The Morgan fingerprint density at radius 2 is 1.60 bits per heavy atom. The molecule has 42 heavy (non-hydrogen) atoms. The fourth-order valence-corrected chi connectivity index (χ4v) is 4.37. The standard InChI is InChI=1S/C26H39N9O6S/c1-42-10-8-20(33-22(37)18(27)12-16-13-30-14-32-16)24(39)34-19(3-2-9-31-26(28)29)23(38)35-21(25(40)41)11-15-4-6-17(36)7-5-15/h4-7,13-14,18-21,36H,2-3,8-12,27H2,1H3,(H,30,32)(H,33,37)(H,34,39)(H,35,38)(H,40,41)(H4,28,29,31). The second-order valence-electron chi connectivity index (χ2n) is 9.51. The summed E-state index contributed by atoms with van der Waals surface area (Å²) in [4.78, 5) is 62.0. The van der Waals surface area contributed by atoms with Gasteiger partial charge in [0, 0.05) is 31.3 Å². The number of nitrogens with two attached hydrogens (primary N) is 3. The Balaban J connectivity index is 2.16. The summed E-state index contributed by atoms with van der Waals surface area (Å²) in [7, 11) is 0. The smallest absolute Gasteiger partial charge is 0.326 e. The predicted molar refractivity (Wildman–Crippen MR) is 158 cm³/mol. The van der Waals surface area contributed by atoms with Crippen LogP contribution in [-0.2, 0) is 32.0 Å². The lowest BCUT2D eigenvalue weighted by Gasteiger charge is -2.25. The van der Waals surface area contributed by atoms with Crippen molar-refractivity contribution in [3.8, 4) is 5.75 Å². The van der Waals surface area contributed by atoms with E-state index in [1.165, 1.54) is 30.2 Å². The van der Waals surface area contributed by atoms with Crippen LogP contribution in [0.4, 0.5) is 0 Å². The Morgan fingerprint density at radius 3 is 2.17 bits per heavy atom. The molecule has 0 aliphatic rings. The van der Waals surface area contributed by atoms with Gasteiger partial charge >= 0.3 is 5.97 Å². The lowest BCUT2D eigenvalue weighted by Crippen LogP contribution is -2.57. The minimum absolute atomic E-state index is 0.0172. The number of aliphatic imine (C=N–C) groups is 1. The number of aliphatic carboxylic acids is 1. The van der Waals surface area contributed by atoms with E-state index in [0.29, 0.717) is 23.4 Å². The summed E-state index contributed by atoms with van der Waals surface area (Å²) < 4.78 is 0. The van der Waals surface area contributed by atoms with E-state index in [4.69, 9.17) is 17.2 Å². The molecule has 0 aliphatic heterocycles. The van der Waals surface area contributed by atoms with E-state index in [1.54, 1.807) is 18.3 Å². The highest BCUT2D eigenvalue weighted by molar-refractivity contribution is 7.98. The van der Waals surface area contributed by atoms with E-state index in [-0.39, 0.29) is 43.9 Å². The van der Waals surface area contributed by atoms with Gasteiger partial charge in [-0.1, -0.05) is 12.1 Å². The molecule has 0 radical (unpaired) electrons. The van der Waals surface area contributed by atoms with E-state index in [9.17, 15) is 29.4 Å². The molecule has 15 nitrogen and oxygen atoms in total. The summed E-state index contributed by atoms with van der Waals surface area (Å²) in [5.41, 5.74) is 18.0. The number of carbonyl (C=O) groups is 4. The lowest BCUT2D eigenvalue weighted by molar-refractivity contribution is -0.142. The Bertz CT molecular complexity index is 1190. The van der Waals surface area contributed by atoms with Crippen LogP contribution in [0.5, 0.6) is 5.75 Å². The van der Waals surface area contributed by atoms with Crippen molar-refractivity contribution in [2.75, 3.05) is 18.6 Å². The molecule has 0 spiro atoms. The number of carboxylic acid groups (broad SMARTS) is 1. The average molecular weight is 606 g/mol. The Morgan fingerprint density at radius 1 is 0.976 bits per heavy atom. The monoisotopic (exact) mass is 605 g/mol. The van der Waals surface area contributed by atoms with Crippen LogP contribution in [-0.4, -0.2) is 92.6 Å². The van der Waals surface area contributed by atoms with Gasteiger partial charge in [-0.25, -0.2) is 9.78 Å². The lowest BCUT2D eigenvalue weighted by atomic mass is 10.0. The summed E-state index contributed by atoms with van der Waals surface area (Å²) in [5.74, 6) is -2.78. The molecule has 1 aromatic carbocycles. The highest BCUT2D eigenvalue weighted by Crippen LogP contribution is 2.12. The zero-order chi connectivity index (χ0) is 31.1. The number of hydrogen-bond acceptors (Lipinski definition) is 9. The minimum Gasteiger partial charge on any atom is -0.508 e. The molecule has 2 rings (SSSR count). The minimum atomic E-state index is -1.31. The fourth-order valence-electron chi connectivity index (χ4n) is 3.89. The van der Waals surface area contributed by atoms with Crippen LogP contribution in [0.15, 0.2) is 41.8 Å². The Kier molecular flexibility index (Phi) is 14.1. The van der Waals surface area contributed by atoms with Crippen LogP contribution < -0.4 is 33.2 Å². The van der Waals surface area contributed by atoms with Crippen LogP contribution >= 0.6 is 11.8 Å². The van der Waals surface area contributed by atoms with Crippen molar-refractivity contribution in [1.29, 1.82) is 0 Å². The van der Waals surface area contributed by atoms with Crippen LogP contribution in [0, 0.1) is 0 Å². The summed E-state index contributed by atoms with van der Waals surface area (Å²) >= 11 is 1.47. The molecule has 230 valence electrons. The zero-order valence-electron chi connectivity index (χ0n) is 23.3. The first-order chi connectivity index (χ1) is 20.0. The molecule has 16 heteroatoms. The van der Waals surface area contributed by atoms with Crippen molar-refractivity contribution in [2.45, 2.75) is 56.3 Å². The second-order valence-corrected chi connectivity index (χ2v) is 10.5. The van der Waals surface area contributed by atoms with Crippen molar-refractivity contribution in [1.82, 2.24) is 25.9 Å². The number of phenolic OH excluding ortho intramolecular Hbond substituents is 1. The fraction of sp³-hybridized carbons (Fsp3) is 0.462. The summed E-state index contributed by atoms with van der Waals surface area (Å²) in [6, 6.07) is 1.49. The third-order valence-electron chi connectivity index (χ3n) is 6.14. The largest absolute Gasteiger partial charge is 0.508 e. The molecule has 0 fully saturated rings. The SMILES string of the molecule is CSCCC(NC(=O)C(N)Cc1cnc[nH]1)C(=O)NC(CCCN=C(N)N)C(=O)NC(Cc1ccc(O)cc1)C(=O)O. The van der Waals surface area contributed by atoms with E-state index in [2.05, 4.69) is 30.9 Å². The quantitative estimate of drug-likeness (QED) is 0.0540. The number of aromatic hydroxyl groups is 1. The Labute approximate surface area is 247 Å². The molecule has 0 saturated carbocycles. The number of H-pyrrole nitrogens is 1. The highest BCUT2D eigenvalue weighted by Gasteiger charge is 2.30. The molecule has 12 N–H and O–H groups in total. The van der Waals surface area contributed by atoms with E-state index >= 15 is 0 Å². The van der Waals surface area contributed by atoms with Gasteiger partial charge in [-0.05, 0) is 49.0 Å². The summed E-state index contributed by atoms with van der Waals surface area (Å²) in [6.45, 7) is 0.174. The van der Waals surface area contributed by atoms with E-state index < -0.39 is 47.9 Å². The first-order valence-corrected chi connectivity index (χ1v) is 14.6. The number of benzene rings is 1. The third kappa shape index (κ3) is 12.1. The number of thioether (sulfide) groups is 1. The van der Waals surface area contributed by atoms with Gasteiger partial charge in [0.05, 0.1) is 12.4 Å². The maximum atomic E-state index is 13.3. The predicted octanol–water partition coefficient (Wildman–Crippen LogP) is -1.43. The van der Waals surface area contributed by atoms with Gasteiger partial charge in [-0.2, -0.15) is 11.8 Å². The number of carbonyl (C=O) groups excluding carboxylic acids is 3.